The molecule has 0 spiro atoms. The highest BCUT2D eigenvalue weighted by Crippen LogP contribution is 2.12. The van der Waals surface area contributed by atoms with E-state index in [1.807, 2.05) is 12.1 Å². The summed E-state index contributed by atoms with van der Waals surface area (Å²) in [6.07, 6.45) is 0.835. The summed E-state index contributed by atoms with van der Waals surface area (Å²) in [4.78, 5) is 16.5. The maximum atomic E-state index is 11.6. The average molecular weight is 312 g/mol. The fraction of sp³-hybridized carbons (Fsp3) is 0.429. The summed E-state index contributed by atoms with van der Waals surface area (Å²) in [5.74, 6) is 0.198. The summed E-state index contributed by atoms with van der Waals surface area (Å²) in [5, 5.41) is 7.13. The minimum absolute atomic E-state index is 0.0853. The Morgan fingerprint density at radius 1 is 1.48 bits per heavy atom. The summed E-state index contributed by atoms with van der Waals surface area (Å²) in [6, 6.07) is 7.24. The fourth-order valence-electron chi connectivity index (χ4n) is 1.86. The predicted molar refractivity (Wildman–Crippen MR) is 79.8 cm³/mol. The van der Waals surface area contributed by atoms with Crippen molar-refractivity contribution in [3.05, 3.63) is 34.9 Å². The topological polar surface area (TPSA) is 85.9 Å². The maximum Gasteiger partial charge on any atom is 0.261 e. The SMILES string of the molecule is NC(=NOCC(=O)NCc1ccc(Cl)cc1)C1CCOC1. The molecule has 1 aliphatic rings. The van der Waals surface area contributed by atoms with E-state index < -0.39 is 0 Å². The van der Waals surface area contributed by atoms with Crippen LogP contribution in [0.25, 0.3) is 0 Å². The third kappa shape index (κ3) is 5.24. The van der Waals surface area contributed by atoms with E-state index >= 15 is 0 Å². The summed E-state index contributed by atoms with van der Waals surface area (Å²) >= 11 is 5.78. The zero-order chi connectivity index (χ0) is 15.1. The van der Waals surface area contributed by atoms with Gasteiger partial charge in [-0.05, 0) is 24.1 Å². The lowest BCUT2D eigenvalue weighted by Crippen LogP contribution is -2.28. The first-order valence-corrected chi connectivity index (χ1v) is 7.07. The summed E-state index contributed by atoms with van der Waals surface area (Å²) in [5.41, 5.74) is 6.70. The van der Waals surface area contributed by atoms with Crippen molar-refractivity contribution in [3.8, 4) is 0 Å². The van der Waals surface area contributed by atoms with E-state index in [0.29, 0.717) is 30.6 Å². The molecule has 1 saturated heterocycles. The van der Waals surface area contributed by atoms with Crippen LogP contribution in [0.2, 0.25) is 5.02 Å². The van der Waals surface area contributed by atoms with Gasteiger partial charge in [-0.1, -0.05) is 28.9 Å². The molecule has 6 nitrogen and oxygen atoms in total. The Morgan fingerprint density at radius 2 is 2.24 bits per heavy atom. The lowest BCUT2D eigenvalue weighted by molar-refractivity contribution is -0.125. The van der Waals surface area contributed by atoms with Gasteiger partial charge in [0.25, 0.3) is 5.91 Å². The second kappa shape index (κ2) is 7.85. The van der Waals surface area contributed by atoms with E-state index in [2.05, 4.69) is 10.5 Å². The quantitative estimate of drug-likeness (QED) is 0.471. The van der Waals surface area contributed by atoms with Crippen molar-refractivity contribution in [1.29, 1.82) is 0 Å². The summed E-state index contributed by atoms with van der Waals surface area (Å²) in [7, 11) is 0. The Morgan fingerprint density at radius 3 is 2.90 bits per heavy atom. The molecule has 1 atom stereocenters. The van der Waals surface area contributed by atoms with E-state index in [9.17, 15) is 4.79 Å². The molecule has 1 aliphatic heterocycles. The van der Waals surface area contributed by atoms with Crippen molar-refractivity contribution < 1.29 is 14.4 Å². The molecule has 0 aliphatic carbocycles. The van der Waals surface area contributed by atoms with Gasteiger partial charge in [0, 0.05) is 24.1 Å². The van der Waals surface area contributed by atoms with E-state index in [0.717, 1.165) is 12.0 Å². The van der Waals surface area contributed by atoms with E-state index in [-0.39, 0.29) is 18.4 Å². The number of hydrogen-bond acceptors (Lipinski definition) is 4. The second-order valence-electron chi connectivity index (χ2n) is 4.75. The third-order valence-electron chi connectivity index (χ3n) is 3.12. The molecule has 3 N–H and O–H groups in total. The first kappa shape index (κ1) is 15.6. The molecule has 21 heavy (non-hydrogen) atoms. The van der Waals surface area contributed by atoms with Gasteiger partial charge in [0.15, 0.2) is 6.61 Å². The Labute approximate surface area is 128 Å². The molecule has 0 saturated carbocycles. The molecule has 1 aromatic rings. The van der Waals surface area contributed by atoms with Gasteiger partial charge in [0.05, 0.1) is 6.61 Å². The molecule has 1 amide bonds. The largest absolute Gasteiger partial charge is 0.384 e. The molecule has 0 bridgehead atoms. The van der Waals surface area contributed by atoms with Gasteiger partial charge in [-0.3, -0.25) is 4.79 Å². The zero-order valence-corrected chi connectivity index (χ0v) is 12.3. The van der Waals surface area contributed by atoms with Crippen LogP contribution in [-0.4, -0.2) is 31.6 Å². The summed E-state index contributed by atoms with van der Waals surface area (Å²) < 4.78 is 5.20. The van der Waals surface area contributed by atoms with Crippen molar-refractivity contribution in [2.24, 2.45) is 16.8 Å². The third-order valence-corrected chi connectivity index (χ3v) is 3.37. The number of amidine groups is 1. The van der Waals surface area contributed by atoms with Gasteiger partial charge >= 0.3 is 0 Å². The zero-order valence-electron chi connectivity index (χ0n) is 11.5. The van der Waals surface area contributed by atoms with Crippen molar-refractivity contribution in [2.45, 2.75) is 13.0 Å². The smallest absolute Gasteiger partial charge is 0.261 e. The second-order valence-corrected chi connectivity index (χ2v) is 5.19. The molecule has 1 unspecified atom stereocenters. The molecule has 1 aromatic carbocycles. The van der Waals surface area contributed by atoms with Gasteiger partial charge in [-0.15, -0.1) is 0 Å². The van der Waals surface area contributed by atoms with Crippen LogP contribution in [0.1, 0.15) is 12.0 Å². The Kier molecular flexibility index (Phi) is 5.83. The molecular formula is C14H18ClN3O3. The Bertz CT molecular complexity index is 499. The van der Waals surface area contributed by atoms with E-state index in [4.69, 9.17) is 26.9 Å². The molecular weight excluding hydrogens is 294 g/mol. The lowest BCUT2D eigenvalue weighted by Gasteiger charge is -2.07. The van der Waals surface area contributed by atoms with Crippen molar-refractivity contribution in [1.82, 2.24) is 5.32 Å². The molecule has 7 heteroatoms. The van der Waals surface area contributed by atoms with Crippen molar-refractivity contribution in [3.63, 3.8) is 0 Å². The van der Waals surface area contributed by atoms with Crippen LogP contribution in [0.5, 0.6) is 0 Å². The normalized spacial score (nSPS) is 18.5. The number of nitrogens with zero attached hydrogens (tertiary/aromatic N) is 1. The monoisotopic (exact) mass is 311 g/mol. The van der Waals surface area contributed by atoms with E-state index in [1.54, 1.807) is 12.1 Å². The van der Waals surface area contributed by atoms with Crippen LogP contribution in [0.4, 0.5) is 0 Å². The number of benzene rings is 1. The minimum atomic E-state index is -0.260. The number of amides is 1. The maximum absolute atomic E-state index is 11.6. The van der Waals surface area contributed by atoms with Crippen LogP contribution in [0, 0.1) is 5.92 Å². The molecule has 1 heterocycles. The van der Waals surface area contributed by atoms with Gasteiger partial charge in [-0.2, -0.15) is 0 Å². The number of halogens is 1. The Hall–Kier alpha value is -1.79. The van der Waals surface area contributed by atoms with E-state index in [1.165, 1.54) is 0 Å². The number of hydrogen-bond donors (Lipinski definition) is 2. The molecule has 0 radical (unpaired) electrons. The molecule has 114 valence electrons. The van der Waals surface area contributed by atoms with Crippen LogP contribution < -0.4 is 11.1 Å². The highest BCUT2D eigenvalue weighted by atomic mass is 35.5. The van der Waals surface area contributed by atoms with Crippen LogP contribution in [-0.2, 0) is 20.9 Å². The first-order chi connectivity index (χ1) is 10.1. The number of nitrogens with two attached hydrogens (primary N) is 1. The van der Waals surface area contributed by atoms with Crippen LogP contribution in [0.3, 0.4) is 0 Å². The molecule has 1 fully saturated rings. The molecule has 2 rings (SSSR count). The number of ether oxygens (including phenoxy) is 1. The molecule has 0 aromatic heterocycles. The van der Waals surface area contributed by atoms with Crippen LogP contribution in [0.15, 0.2) is 29.4 Å². The Balaban J connectivity index is 1.67. The van der Waals surface area contributed by atoms with Crippen molar-refractivity contribution >= 4 is 23.3 Å². The minimum Gasteiger partial charge on any atom is -0.384 e. The lowest BCUT2D eigenvalue weighted by atomic mass is 10.1. The highest BCUT2D eigenvalue weighted by molar-refractivity contribution is 6.30. The van der Waals surface area contributed by atoms with Gasteiger partial charge in [-0.25, -0.2) is 0 Å². The predicted octanol–water partition coefficient (Wildman–Crippen LogP) is 1.28. The average Bonchev–Trinajstić information content (AvgIpc) is 3.01. The van der Waals surface area contributed by atoms with Gasteiger partial charge < -0.3 is 20.6 Å². The highest BCUT2D eigenvalue weighted by Gasteiger charge is 2.19. The van der Waals surface area contributed by atoms with Crippen LogP contribution >= 0.6 is 11.6 Å². The van der Waals surface area contributed by atoms with Gasteiger partial charge in [0.1, 0.15) is 5.84 Å². The first-order valence-electron chi connectivity index (χ1n) is 6.69. The van der Waals surface area contributed by atoms with Gasteiger partial charge in [0.2, 0.25) is 0 Å². The number of carbonyl (C=O) groups is 1. The number of rotatable bonds is 6. The number of nitrogens with one attached hydrogen (secondary N) is 1. The fourth-order valence-corrected chi connectivity index (χ4v) is 1.99. The van der Waals surface area contributed by atoms with Crippen molar-refractivity contribution in [2.75, 3.05) is 19.8 Å². The summed E-state index contributed by atoms with van der Waals surface area (Å²) in [6.45, 7) is 1.49. The standard InChI is InChI=1S/C14H18ClN3O3/c15-12-3-1-10(2-4-12)7-17-13(19)9-21-18-14(16)11-5-6-20-8-11/h1-4,11H,5-9H2,(H2,16,18)(H,17,19). The number of oxime groups is 1. The number of carbonyl (C=O) groups excluding carboxylic acids is 1.